The molecule has 0 spiro atoms. The summed E-state index contributed by atoms with van der Waals surface area (Å²) in [4.78, 5) is 37.5. The molecule has 0 saturated carbocycles. The van der Waals surface area contributed by atoms with Crippen molar-refractivity contribution < 1.29 is 23.9 Å². The molecule has 0 radical (unpaired) electrons. The molecule has 30 heavy (non-hydrogen) atoms. The van der Waals surface area contributed by atoms with Crippen molar-refractivity contribution in [1.29, 1.82) is 0 Å². The number of nitrogens with zero attached hydrogens (tertiary/aromatic N) is 1. The Balaban J connectivity index is 3.18. The Morgan fingerprint density at radius 3 is 2.13 bits per heavy atom. The average molecular weight is 434 g/mol. The van der Waals surface area contributed by atoms with E-state index in [9.17, 15) is 14.4 Å². The van der Waals surface area contributed by atoms with E-state index in [-0.39, 0.29) is 24.9 Å². The predicted octanol–water partition coefficient (Wildman–Crippen LogP) is 4.12. The van der Waals surface area contributed by atoms with Gasteiger partial charge >= 0.3 is 11.9 Å². The van der Waals surface area contributed by atoms with Gasteiger partial charge in [0.05, 0.1) is 15.2 Å². The minimum absolute atomic E-state index is 0.265. The fourth-order valence-electron chi connectivity index (χ4n) is 3.63. The van der Waals surface area contributed by atoms with Gasteiger partial charge in [-0.25, -0.2) is 0 Å². The zero-order valence-electron chi connectivity index (χ0n) is 18.9. The number of ether oxygens (including phenoxy) is 2. The minimum atomic E-state index is -1.79. The molecule has 0 aliphatic heterocycles. The maximum Gasteiger partial charge on any atom is 0.315 e. The van der Waals surface area contributed by atoms with Crippen LogP contribution in [-0.2, 0) is 30.4 Å². The fraction of sp³-hybridized carbons (Fsp3) is 0.522. The van der Waals surface area contributed by atoms with Gasteiger partial charge in [0, 0.05) is 20.0 Å². The molecule has 1 aromatic carbocycles. The van der Waals surface area contributed by atoms with Gasteiger partial charge in [-0.2, -0.15) is 0 Å². The van der Waals surface area contributed by atoms with Gasteiger partial charge in [-0.1, -0.05) is 75.3 Å². The van der Waals surface area contributed by atoms with Gasteiger partial charge in [0.15, 0.2) is 0 Å². The summed E-state index contributed by atoms with van der Waals surface area (Å²) in [5, 5.41) is 1.15. The highest BCUT2D eigenvalue weighted by atomic mass is 28.3. The van der Waals surface area contributed by atoms with Crippen LogP contribution in [0.2, 0.25) is 18.1 Å². The van der Waals surface area contributed by atoms with Crippen molar-refractivity contribution in [1.82, 2.24) is 4.90 Å². The summed E-state index contributed by atoms with van der Waals surface area (Å²) in [6.07, 6.45) is 1.75. The number of benzene rings is 1. The van der Waals surface area contributed by atoms with Crippen molar-refractivity contribution in [3.8, 4) is 0 Å². The molecule has 1 aromatic rings. The average Bonchev–Trinajstić information content (AvgIpc) is 2.75. The molecule has 0 N–H and O–H groups in total. The van der Waals surface area contributed by atoms with Crippen LogP contribution in [0.3, 0.4) is 0 Å². The van der Waals surface area contributed by atoms with Crippen molar-refractivity contribution >= 4 is 25.9 Å². The van der Waals surface area contributed by atoms with Gasteiger partial charge in [-0.15, -0.1) is 0 Å². The summed E-state index contributed by atoms with van der Waals surface area (Å²) in [6.45, 7) is 8.98. The van der Waals surface area contributed by atoms with Crippen LogP contribution in [0.25, 0.3) is 0 Å². The predicted molar refractivity (Wildman–Crippen MR) is 120 cm³/mol. The van der Waals surface area contributed by atoms with E-state index in [1.165, 1.54) is 14.0 Å². The Labute approximate surface area is 181 Å². The molecule has 0 bridgehead atoms. The molecule has 0 aliphatic carbocycles. The molecular formula is C23H35NO5Si. The first-order valence-corrected chi connectivity index (χ1v) is 13.1. The third-order valence-corrected chi connectivity index (χ3v) is 11.6. The van der Waals surface area contributed by atoms with Crippen LogP contribution in [-0.4, -0.2) is 51.1 Å². The second-order valence-corrected chi connectivity index (χ2v) is 12.7. The smallest absolute Gasteiger partial charge is 0.315 e. The van der Waals surface area contributed by atoms with E-state index < -0.39 is 14.0 Å². The molecule has 166 valence electrons. The number of carbonyl (C=O) groups is 3. The first-order valence-electron chi connectivity index (χ1n) is 10.5. The van der Waals surface area contributed by atoms with Crippen LogP contribution in [0.1, 0.15) is 39.7 Å². The van der Waals surface area contributed by atoms with Gasteiger partial charge in [0.2, 0.25) is 5.91 Å². The Morgan fingerprint density at radius 2 is 1.63 bits per heavy atom. The van der Waals surface area contributed by atoms with Crippen molar-refractivity contribution in [3.05, 3.63) is 47.2 Å². The number of hydrogen-bond donors (Lipinski definition) is 0. The lowest BCUT2D eigenvalue weighted by atomic mass is 10.2. The standard InChI is InChI=1S/C23H35NO5Si/c1-6-30(7-2,8-3)21(18-29-19(4)25)14-15-24(22(26)16-23(27)28-5)17-20-12-10-9-11-13-20/h9-14H,6-8,15-18H2,1-5H3/b21-14-. The maximum atomic E-state index is 12.8. The molecule has 6 nitrogen and oxygen atoms in total. The molecule has 1 amide bonds. The molecule has 0 heterocycles. The van der Waals surface area contributed by atoms with E-state index in [2.05, 4.69) is 25.5 Å². The third kappa shape index (κ3) is 7.78. The second-order valence-electron chi connectivity index (χ2n) is 7.36. The summed E-state index contributed by atoms with van der Waals surface area (Å²) in [6, 6.07) is 12.8. The van der Waals surface area contributed by atoms with Crippen molar-refractivity contribution in [2.24, 2.45) is 0 Å². The Hall–Kier alpha value is -2.41. The monoisotopic (exact) mass is 433 g/mol. The van der Waals surface area contributed by atoms with E-state index in [1.807, 2.05) is 36.4 Å². The lowest BCUT2D eigenvalue weighted by molar-refractivity contribution is -0.147. The molecule has 0 aliphatic rings. The zero-order valence-corrected chi connectivity index (χ0v) is 19.9. The van der Waals surface area contributed by atoms with Crippen LogP contribution in [0, 0.1) is 0 Å². The Kier molecular flexibility index (Phi) is 11.1. The van der Waals surface area contributed by atoms with Crippen LogP contribution >= 0.6 is 0 Å². The van der Waals surface area contributed by atoms with Gasteiger partial charge in [-0.05, 0) is 10.8 Å². The molecule has 0 saturated heterocycles. The Bertz CT molecular complexity index is 720. The van der Waals surface area contributed by atoms with Crippen LogP contribution in [0.15, 0.2) is 41.6 Å². The lowest BCUT2D eigenvalue weighted by Crippen LogP contribution is -2.39. The van der Waals surface area contributed by atoms with Gasteiger partial charge in [-0.3, -0.25) is 14.4 Å². The van der Waals surface area contributed by atoms with Gasteiger partial charge in [0.1, 0.15) is 13.0 Å². The first-order chi connectivity index (χ1) is 14.3. The minimum Gasteiger partial charge on any atom is -0.469 e. The number of esters is 2. The quantitative estimate of drug-likeness (QED) is 0.282. The third-order valence-electron chi connectivity index (χ3n) is 5.79. The van der Waals surface area contributed by atoms with Crippen molar-refractivity contribution in [2.45, 2.75) is 58.8 Å². The van der Waals surface area contributed by atoms with Gasteiger partial charge in [0.25, 0.3) is 0 Å². The van der Waals surface area contributed by atoms with Crippen LogP contribution in [0.5, 0.6) is 0 Å². The van der Waals surface area contributed by atoms with Crippen LogP contribution < -0.4 is 0 Å². The SMILES string of the molecule is CC[Si](CC)(CC)/C(=C\CN(Cc1ccccc1)C(=O)CC(=O)OC)COC(C)=O. The van der Waals surface area contributed by atoms with E-state index in [1.54, 1.807) is 4.90 Å². The molecule has 0 fully saturated rings. The van der Waals surface area contributed by atoms with E-state index in [4.69, 9.17) is 4.74 Å². The largest absolute Gasteiger partial charge is 0.469 e. The molecule has 0 unspecified atom stereocenters. The number of hydrogen-bond acceptors (Lipinski definition) is 5. The normalized spacial score (nSPS) is 11.7. The highest BCUT2D eigenvalue weighted by Gasteiger charge is 2.32. The maximum absolute atomic E-state index is 12.8. The summed E-state index contributed by atoms with van der Waals surface area (Å²) in [5.41, 5.74) is 0.982. The number of methoxy groups -OCH3 is 1. The lowest BCUT2D eigenvalue weighted by Gasteiger charge is -2.32. The summed E-state index contributed by atoms with van der Waals surface area (Å²) < 4.78 is 10.0. The van der Waals surface area contributed by atoms with E-state index in [0.717, 1.165) is 28.9 Å². The molecular weight excluding hydrogens is 398 g/mol. The number of amides is 1. The number of carbonyl (C=O) groups excluding carboxylic acids is 3. The van der Waals surface area contributed by atoms with Crippen molar-refractivity contribution in [3.63, 3.8) is 0 Å². The fourth-order valence-corrected chi connectivity index (χ4v) is 7.39. The molecule has 1 rings (SSSR count). The van der Waals surface area contributed by atoms with E-state index in [0.29, 0.717) is 13.1 Å². The molecule has 7 heteroatoms. The number of rotatable bonds is 12. The summed E-state index contributed by atoms with van der Waals surface area (Å²) in [7, 11) is -0.516. The zero-order chi connectivity index (χ0) is 22.6. The first kappa shape index (κ1) is 25.6. The van der Waals surface area contributed by atoms with Crippen LogP contribution in [0.4, 0.5) is 0 Å². The van der Waals surface area contributed by atoms with E-state index >= 15 is 0 Å². The topological polar surface area (TPSA) is 72.9 Å². The molecule has 0 aromatic heterocycles. The highest BCUT2D eigenvalue weighted by molar-refractivity contribution is 6.86. The van der Waals surface area contributed by atoms with Gasteiger partial charge < -0.3 is 14.4 Å². The second kappa shape index (κ2) is 13.0. The Morgan fingerprint density at radius 1 is 1.03 bits per heavy atom. The van der Waals surface area contributed by atoms with Crippen molar-refractivity contribution in [2.75, 3.05) is 20.3 Å². The molecule has 0 atom stereocenters. The summed E-state index contributed by atoms with van der Waals surface area (Å²) >= 11 is 0. The summed E-state index contributed by atoms with van der Waals surface area (Å²) in [5.74, 6) is -1.15. The highest BCUT2D eigenvalue weighted by Crippen LogP contribution is 2.29.